The van der Waals surface area contributed by atoms with Crippen LogP contribution in [0.3, 0.4) is 0 Å². The summed E-state index contributed by atoms with van der Waals surface area (Å²) in [7, 11) is 1.40. The van der Waals surface area contributed by atoms with Gasteiger partial charge in [0, 0.05) is 18.5 Å². The number of benzene rings is 1. The second kappa shape index (κ2) is 7.02. The van der Waals surface area contributed by atoms with Crippen molar-refractivity contribution in [3.05, 3.63) is 57.6 Å². The highest BCUT2D eigenvalue weighted by Gasteiger charge is 2.35. The van der Waals surface area contributed by atoms with Crippen molar-refractivity contribution in [1.82, 2.24) is 10.1 Å². The first kappa shape index (κ1) is 18.3. The average Bonchev–Trinajstić information content (AvgIpc) is 3.06. The summed E-state index contributed by atoms with van der Waals surface area (Å²) in [5.41, 5.74) is 2.15. The van der Waals surface area contributed by atoms with Crippen LogP contribution >= 0.6 is 0 Å². The highest BCUT2D eigenvalue weighted by molar-refractivity contribution is 5.68. The molecule has 2 heterocycles. The Hall–Kier alpha value is -2.50. The highest BCUT2D eigenvalue weighted by Crippen LogP contribution is 2.39. The molecule has 3 rings (SSSR count). The molecule has 0 saturated carbocycles. The fraction of sp³-hybridized carbons (Fsp3) is 0.500. The molecule has 2 aromatic rings. The van der Waals surface area contributed by atoms with Gasteiger partial charge < -0.3 is 14.2 Å². The van der Waals surface area contributed by atoms with Crippen molar-refractivity contribution >= 4 is 6.09 Å². The van der Waals surface area contributed by atoms with Gasteiger partial charge in [-0.25, -0.2) is 4.79 Å². The molecule has 0 bridgehead atoms. The first-order valence-corrected chi connectivity index (χ1v) is 8.93. The molecule has 1 aliphatic heterocycles. The molecular formula is C20H26N2O4. The van der Waals surface area contributed by atoms with Gasteiger partial charge in [-0.15, -0.1) is 0 Å². The number of hydrogen-bond donors (Lipinski definition) is 1. The van der Waals surface area contributed by atoms with E-state index in [0.29, 0.717) is 18.7 Å². The van der Waals surface area contributed by atoms with Crippen molar-refractivity contribution in [2.45, 2.75) is 51.0 Å². The molecule has 0 aliphatic carbocycles. The normalized spacial score (nSPS) is 20.8. The summed E-state index contributed by atoms with van der Waals surface area (Å²) >= 11 is 0. The third kappa shape index (κ3) is 3.69. The van der Waals surface area contributed by atoms with Gasteiger partial charge in [-0.3, -0.25) is 4.79 Å². The molecule has 0 unspecified atom stereocenters. The van der Waals surface area contributed by atoms with Crippen molar-refractivity contribution in [3.8, 4) is 0 Å². The molecule has 140 valence electrons. The van der Waals surface area contributed by atoms with Crippen molar-refractivity contribution < 1.29 is 14.1 Å². The van der Waals surface area contributed by atoms with E-state index >= 15 is 0 Å². The monoisotopic (exact) mass is 358 g/mol. The van der Waals surface area contributed by atoms with Gasteiger partial charge >= 0.3 is 6.09 Å². The standard InChI is InChI=1S/C20H26N2O4/c1-20(2,3)15-7-5-13(6-8-15)16-11-14(17-12-18(23)21-26-17)9-10-22(16)19(24)25-4/h5-8,12,14,16H,9-11H2,1-4H3,(H,21,23)/t14-,16-/m0/s1. The predicted molar refractivity (Wildman–Crippen MR) is 98.3 cm³/mol. The van der Waals surface area contributed by atoms with Gasteiger partial charge in [0.05, 0.1) is 13.2 Å². The number of H-pyrrole nitrogens is 1. The number of ether oxygens (including phenoxy) is 1. The molecule has 0 radical (unpaired) electrons. The third-order valence-corrected chi connectivity index (χ3v) is 5.12. The summed E-state index contributed by atoms with van der Waals surface area (Å²) in [4.78, 5) is 25.4. The van der Waals surface area contributed by atoms with Crippen molar-refractivity contribution in [1.29, 1.82) is 0 Å². The van der Waals surface area contributed by atoms with Crippen LogP contribution < -0.4 is 5.56 Å². The van der Waals surface area contributed by atoms with E-state index in [1.807, 2.05) is 0 Å². The molecule has 1 aromatic carbocycles. The molecule has 6 heteroatoms. The number of methoxy groups -OCH3 is 1. The minimum absolute atomic E-state index is 0.0736. The summed E-state index contributed by atoms with van der Waals surface area (Å²) in [6.07, 6.45) is 1.08. The zero-order valence-electron chi connectivity index (χ0n) is 15.7. The van der Waals surface area contributed by atoms with Gasteiger partial charge in [-0.1, -0.05) is 45.0 Å². The maximum absolute atomic E-state index is 12.2. The molecule has 0 spiro atoms. The van der Waals surface area contributed by atoms with Crippen LogP contribution in [0, 0.1) is 0 Å². The molecule has 1 fully saturated rings. The lowest BCUT2D eigenvalue weighted by Gasteiger charge is -2.38. The number of hydrogen-bond acceptors (Lipinski definition) is 4. The fourth-order valence-electron chi connectivity index (χ4n) is 3.58. The van der Waals surface area contributed by atoms with Gasteiger partial charge in [0.25, 0.3) is 5.56 Å². The Balaban J connectivity index is 1.89. The van der Waals surface area contributed by atoms with E-state index in [4.69, 9.17) is 9.26 Å². The van der Waals surface area contributed by atoms with Crippen LogP contribution in [0.25, 0.3) is 0 Å². The first-order chi connectivity index (χ1) is 12.3. The van der Waals surface area contributed by atoms with E-state index < -0.39 is 0 Å². The smallest absolute Gasteiger partial charge is 0.409 e. The Morgan fingerprint density at radius 3 is 2.50 bits per heavy atom. The quantitative estimate of drug-likeness (QED) is 0.882. The highest BCUT2D eigenvalue weighted by atomic mass is 16.5. The summed E-state index contributed by atoms with van der Waals surface area (Å²) in [5, 5.41) is 2.35. The minimum atomic E-state index is -0.330. The lowest BCUT2D eigenvalue weighted by atomic mass is 9.83. The topological polar surface area (TPSA) is 75.5 Å². The molecule has 6 nitrogen and oxygen atoms in total. The zero-order valence-corrected chi connectivity index (χ0v) is 15.7. The molecule has 2 atom stereocenters. The van der Waals surface area contributed by atoms with Crippen molar-refractivity contribution in [3.63, 3.8) is 0 Å². The van der Waals surface area contributed by atoms with E-state index in [2.05, 4.69) is 50.2 Å². The van der Waals surface area contributed by atoms with E-state index in [-0.39, 0.29) is 29.0 Å². The molecule has 1 amide bonds. The average molecular weight is 358 g/mol. The van der Waals surface area contributed by atoms with Crippen LogP contribution in [0.4, 0.5) is 4.79 Å². The van der Waals surface area contributed by atoms with E-state index in [0.717, 1.165) is 12.0 Å². The lowest BCUT2D eigenvalue weighted by molar-refractivity contribution is 0.0815. The first-order valence-electron chi connectivity index (χ1n) is 8.93. The number of carbonyl (C=O) groups excluding carboxylic acids is 1. The molecule has 1 aliphatic rings. The zero-order chi connectivity index (χ0) is 18.9. The number of nitrogens with zero attached hydrogens (tertiary/aromatic N) is 1. The molecular weight excluding hydrogens is 332 g/mol. The van der Waals surface area contributed by atoms with Gasteiger partial charge in [0.15, 0.2) is 0 Å². The maximum atomic E-state index is 12.2. The number of piperidine rings is 1. The number of likely N-dealkylation sites (tertiary alicyclic amines) is 1. The summed E-state index contributed by atoms with van der Waals surface area (Å²) in [5.74, 6) is 0.734. The molecule has 26 heavy (non-hydrogen) atoms. The van der Waals surface area contributed by atoms with E-state index in [9.17, 15) is 9.59 Å². The van der Waals surface area contributed by atoms with Crippen LogP contribution in [-0.2, 0) is 10.2 Å². The number of amides is 1. The SMILES string of the molecule is COC(=O)N1CC[C@H](c2cc(=O)[nH]o2)C[C@H]1c1ccc(C(C)(C)C)cc1. The number of carbonyl (C=O) groups is 1. The number of rotatable bonds is 2. The second-order valence-electron chi connectivity index (χ2n) is 7.89. The Morgan fingerprint density at radius 1 is 1.27 bits per heavy atom. The lowest BCUT2D eigenvalue weighted by Crippen LogP contribution is -2.40. The Kier molecular flexibility index (Phi) is 4.94. The van der Waals surface area contributed by atoms with Crippen LogP contribution in [0.5, 0.6) is 0 Å². The van der Waals surface area contributed by atoms with Crippen LogP contribution in [0.15, 0.2) is 39.6 Å². The van der Waals surface area contributed by atoms with Gasteiger partial charge in [0.2, 0.25) is 0 Å². The van der Waals surface area contributed by atoms with Gasteiger partial charge in [-0.2, -0.15) is 5.16 Å². The van der Waals surface area contributed by atoms with Crippen LogP contribution in [-0.4, -0.2) is 29.8 Å². The molecule has 1 saturated heterocycles. The third-order valence-electron chi connectivity index (χ3n) is 5.12. The van der Waals surface area contributed by atoms with Crippen molar-refractivity contribution in [2.75, 3.05) is 13.7 Å². The number of aromatic amines is 1. The summed E-state index contributed by atoms with van der Waals surface area (Å²) in [6, 6.07) is 9.78. The van der Waals surface area contributed by atoms with E-state index in [1.165, 1.54) is 18.7 Å². The number of aromatic nitrogens is 1. The predicted octanol–water partition coefficient (Wildman–Crippen LogP) is 3.95. The molecule has 1 aromatic heterocycles. The molecule has 1 N–H and O–H groups in total. The maximum Gasteiger partial charge on any atom is 0.409 e. The Labute approximate surface area is 153 Å². The second-order valence-corrected chi connectivity index (χ2v) is 7.89. The van der Waals surface area contributed by atoms with Crippen molar-refractivity contribution in [2.24, 2.45) is 0 Å². The Morgan fingerprint density at radius 2 is 1.96 bits per heavy atom. The van der Waals surface area contributed by atoms with Gasteiger partial charge in [0.1, 0.15) is 5.76 Å². The van der Waals surface area contributed by atoms with Crippen LogP contribution in [0.2, 0.25) is 0 Å². The summed E-state index contributed by atoms with van der Waals surface area (Å²) < 4.78 is 10.3. The minimum Gasteiger partial charge on any atom is -0.453 e. The van der Waals surface area contributed by atoms with E-state index in [1.54, 1.807) is 4.90 Å². The van der Waals surface area contributed by atoms with Gasteiger partial charge in [-0.05, 0) is 29.4 Å². The number of nitrogens with one attached hydrogen (secondary N) is 1. The largest absolute Gasteiger partial charge is 0.453 e. The Bertz CT molecular complexity index is 813. The van der Waals surface area contributed by atoms with Crippen LogP contribution in [0.1, 0.15) is 62.5 Å². The fourth-order valence-corrected chi connectivity index (χ4v) is 3.58. The summed E-state index contributed by atoms with van der Waals surface area (Å²) in [6.45, 7) is 7.08.